The maximum Gasteiger partial charge on any atom is 0.308 e. The molecule has 1 aromatic carbocycles. The first-order valence-corrected chi connectivity index (χ1v) is 7.16. The highest BCUT2D eigenvalue weighted by Gasteiger charge is 2.42. The van der Waals surface area contributed by atoms with Crippen LogP contribution in [0.2, 0.25) is 0 Å². The summed E-state index contributed by atoms with van der Waals surface area (Å²) in [5.41, 5.74) is 2.74. The van der Waals surface area contributed by atoms with Gasteiger partial charge in [0.2, 0.25) is 5.79 Å². The van der Waals surface area contributed by atoms with Gasteiger partial charge < -0.3 is 24.1 Å². The molecule has 2 aliphatic carbocycles. The summed E-state index contributed by atoms with van der Waals surface area (Å²) in [4.78, 5) is 0. The van der Waals surface area contributed by atoms with E-state index in [1.165, 1.54) is 14.2 Å². The predicted octanol–water partition coefficient (Wildman–Crippen LogP) is 2.49. The second kappa shape index (κ2) is 7.21. The number of ether oxygens (including phenoxy) is 4. The molecule has 2 bridgehead atoms. The molecule has 124 valence electrons. The summed E-state index contributed by atoms with van der Waals surface area (Å²) >= 11 is 0. The third-order valence-corrected chi connectivity index (χ3v) is 3.91. The summed E-state index contributed by atoms with van der Waals surface area (Å²) < 4.78 is 20.2. The van der Waals surface area contributed by atoms with Crippen molar-refractivity contribution in [1.29, 1.82) is 0 Å². The summed E-state index contributed by atoms with van der Waals surface area (Å²) in [6, 6.07) is 8.92. The molecule has 0 spiro atoms. The van der Waals surface area contributed by atoms with Crippen molar-refractivity contribution in [2.24, 2.45) is 0 Å². The van der Waals surface area contributed by atoms with Crippen molar-refractivity contribution in [1.82, 2.24) is 0 Å². The van der Waals surface area contributed by atoms with E-state index >= 15 is 0 Å². The molecule has 0 amide bonds. The second-order valence-electron chi connectivity index (χ2n) is 4.96. The zero-order valence-corrected chi connectivity index (χ0v) is 13.8. The number of fused-ring (bicyclic) bond motifs is 2. The Bertz CT molecular complexity index is 584. The number of aliphatic hydroxyl groups is 1. The van der Waals surface area contributed by atoms with E-state index in [9.17, 15) is 5.11 Å². The van der Waals surface area contributed by atoms with Gasteiger partial charge >= 0.3 is 5.97 Å². The number of benzene rings is 1. The highest BCUT2D eigenvalue weighted by Crippen LogP contribution is 2.41. The molecule has 0 radical (unpaired) electrons. The Morgan fingerprint density at radius 3 is 1.61 bits per heavy atom. The first-order chi connectivity index (χ1) is 11.1. The van der Waals surface area contributed by atoms with E-state index in [1.54, 1.807) is 38.5 Å². The monoisotopic (exact) mass is 318 g/mol. The lowest BCUT2D eigenvalue weighted by atomic mass is 10.1. The molecule has 0 aromatic heterocycles. The van der Waals surface area contributed by atoms with Crippen LogP contribution in [0.25, 0.3) is 0 Å². The Morgan fingerprint density at radius 1 is 0.826 bits per heavy atom. The number of hydrogen-bond donors (Lipinski definition) is 1. The van der Waals surface area contributed by atoms with E-state index in [4.69, 9.17) is 18.9 Å². The van der Waals surface area contributed by atoms with Gasteiger partial charge in [-0.25, -0.2) is 0 Å². The molecule has 0 unspecified atom stereocenters. The van der Waals surface area contributed by atoms with Crippen molar-refractivity contribution in [2.45, 2.75) is 11.8 Å². The zero-order chi connectivity index (χ0) is 16.9. The summed E-state index contributed by atoms with van der Waals surface area (Å²) in [6.07, 6.45) is 8.06. The van der Waals surface area contributed by atoms with Crippen LogP contribution in [-0.4, -0.2) is 39.3 Å². The molecule has 0 aliphatic heterocycles. The maximum absolute atomic E-state index is 9.66. The van der Waals surface area contributed by atoms with E-state index in [1.807, 2.05) is 30.4 Å². The fraction of sp³-hybridized carbons (Fsp3) is 0.333. The van der Waals surface area contributed by atoms with Crippen LogP contribution in [0.3, 0.4) is 0 Å². The van der Waals surface area contributed by atoms with Gasteiger partial charge in [0.1, 0.15) is 0 Å². The van der Waals surface area contributed by atoms with E-state index in [-0.39, 0.29) is 0 Å². The van der Waals surface area contributed by atoms with E-state index in [2.05, 4.69) is 0 Å². The second-order valence-corrected chi connectivity index (χ2v) is 4.96. The summed E-state index contributed by atoms with van der Waals surface area (Å²) in [6.45, 7) is 0. The van der Waals surface area contributed by atoms with E-state index in [0.717, 1.165) is 11.1 Å². The molecule has 3 rings (SSSR count). The Labute approximate surface area is 136 Å². The molecule has 0 saturated heterocycles. The summed E-state index contributed by atoms with van der Waals surface area (Å²) in [5.74, 6) is -2.21. The van der Waals surface area contributed by atoms with Gasteiger partial charge in [0, 0.05) is 45.1 Å². The highest BCUT2D eigenvalue weighted by atomic mass is 16.8. The van der Waals surface area contributed by atoms with Gasteiger partial charge in [-0.3, -0.25) is 0 Å². The van der Waals surface area contributed by atoms with Crippen LogP contribution >= 0.6 is 0 Å². The topological polar surface area (TPSA) is 57.2 Å². The van der Waals surface area contributed by atoms with Gasteiger partial charge in [-0.2, -0.15) is 0 Å². The Balaban J connectivity index is 0.000000167. The van der Waals surface area contributed by atoms with Gasteiger partial charge in [0.25, 0.3) is 0 Å². The molecule has 0 saturated carbocycles. The summed E-state index contributed by atoms with van der Waals surface area (Å²) in [7, 11) is 6.08. The minimum Gasteiger partial charge on any atom is -0.346 e. The van der Waals surface area contributed by atoms with Crippen molar-refractivity contribution in [3.05, 3.63) is 71.3 Å². The van der Waals surface area contributed by atoms with Gasteiger partial charge in [-0.15, -0.1) is 0 Å². The highest BCUT2D eigenvalue weighted by molar-refractivity contribution is 5.58. The van der Waals surface area contributed by atoms with Crippen LogP contribution < -0.4 is 0 Å². The Kier molecular flexibility index (Phi) is 5.51. The molecule has 1 aromatic rings. The average Bonchev–Trinajstić information content (AvgIpc) is 3.17. The van der Waals surface area contributed by atoms with Crippen LogP contribution in [-0.2, 0) is 24.9 Å². The van der Waals surface area contributed by atoms with Crippen LogP contribution in [0.4, 0.5) is 0 Å². The first kappa shape index (κ1) is 17.6. The average molecular weight is 318 g/mol. The quantitative estimate of drug-likeness (QED) is 0.845. The molecule has 5 heteroatoms. The van der Waals surface area contributed by atoms with Crippen molar-refractivity contribution < 1.29 is 24.1 Å². The number of allylic oxidation sites excluding steroid dienone is 2. The third-order valence-electron chi connectivity index (χ3n) is 3.91. The molecule has 23 heavy (non-hydrogen) atoms. The molecule has 0 fully saturated rings. The van der Waals surface area contributed by atoms with Gasteiger partial charge in [-0.1, -0.05) is 54.6 Å². The fourth-order valence-electron chi connectivity index (χ4n) is 2.60. The SMILES string of the molecule is COC(O)(OC)c1ccccc1.COC1(OC)C2=CC=C1C=C2. The third kappa shape index (κ3) is 3.15. The number of rotatable bonds is 5. The Morgan fingerprint density at radius 2 is 1.30 bits per heavy atom. The van der Waals surface area contributed by atoms with Crippen LogP contribution in [0.5, 0.6) is 0 Å². The Hall–Kier alpha value is -1.76. The molecule has 0 heterocycles. The first-order valence-electron chi connectivity index (χ1n) is 7.16. The largest absolute Gasteiger partial charge is 0.346 e. The van der Waals surface area contributed by atoms with Crippen molar-refractivity contribution in [3.63, 3.8) is 0 Å². The van der Waals surface area contributed by atoms with E-state index in [0.29, 0.717) is 5.56 Å². The minimum atomic E-state index is -1.62. The lowest BCUT2D eigenvalue weighted by Crippen LogP contribution is -2.32. The molecular formula is C18H22O5. The minimum absolute atomic E-state index is 0.579. The van der Waals surface area contributed by atoms with Gasteiger partial charge in [0.05, 0.1) is 0 Å². The lowest BCUT2D eigenvalue weighted by molar-refractivity contribution is -0.352. The molecule has 1 N–H and O–H groups in total. The fourth-order valence-corrected chi connectivity index (χ4v) is 2.60. The van der Waals surface area contributed by atoms with E-state index < -0.39 is 11.8 Å². The zero-order valence-electron chi connectivity index (χ0n) is 13.8. The smallest absolute Gasteiger partial charge is 0.308 e. The lowest BCUT2D eigenvalue weighted by Gasteiger charge is -2.26. The number of methoxy groups -OCH3 is 4. The van der Waals surface area contributed by atoms with Gasteiger partial charge in [-0.05, 0) is 0 Å². The molecular weight excluding hydrogens is 296 g/mol. The van der Waals surface area contributed by atoms with Gasteiger partial charge in [0.15, 0.2) is 0 Å². The molecule has 5 nitrogen and oxygen atoms in total. The number of hydrogen-bond acceptors (Lipinski definition) is 5. The normalized spacial score (nSPS) is 17.4. The standard InChI is InChI=1S/C9H12O3.C9H10O2/c1-11-9(10,12-2)8-6-4-3-5-7-8;1-10-9(11-2)7-3-4-8(9)6-5-7/h3-7,10H,1-2H3;3-6H,1-2H3. The van der Waals surface area contributed by atoms with Crippen molar-refractivity contribution in [2.75, 3.05) is 28.4 Å². The molecule has 0 atom stereocenters. The maximum atomic E-state index is 9.66. The summed E-state index contributed by atoms with van der Waals surface area (Å²) in [5, 5.41) is 9.66. The predicted molar refractivity (Wildman–Crippen MR) is 86.4 cm³/mol. The van der Waals surface area contributed by atoms with Crippen molar-refractivity contribution in [3.8, 4) is 0 Å². The van der Waals surface area contributed by atoms with Crippen LogP contribution in [0, 0.1) is 0 Å². The van der Waals surface area contributed by atoms with Crippen LogP contribution in [0.15, 0.2) is 65.8 Å². The van der Waals surface area contributed by atoms with Crippen molar-refractivity contribution >= 4 is 0 Å². The molecule has 2 aliphatic rings. The van der Waals surface area contributed by atoms with Crippen LogP contribution in [0.1, 0.15) is 5.56 Å².